The molecule has 0 radical (unpaired) electrons. The maximum atomic E-state index is 3.58. The largest absolute Gasteiger partial charge is 0.293 e. The van der Waals surface area contributed by atoms with Gasteiger partial charge < -0.3 is 0 Å². The molecule has 1 aromatic rings. The van der Waals surface area contributed by atoms with E-state index in [1.165, 1.54) is 4.88 Å². The van der Waals surface area contributed by atoms with Crippen LogP contribution in [0.4, 0.5) is 0 Å². The second kappa shape index (κ2) is 4.03. The van der Waals surface area contributed by atoms with Gasteiger partial charge in [0, 0.05) is 14.7 Å². The number of rotatable bonds is 2. The molecule has 4 heteroatoms. The Morgan fingerprint density at radius 3 is 2.55 bits per heavy atom. The monoisotopic (exact) mass is 297 g/mol. The predicted octanol–water partition coefficient (Wildman–Crippen LogP) is 3.47. The van der Waals surface area contributed by atoms with E-state index in [2.05, 4.69) is 48.2 Å². The van der Waals surface area contributed by atoms with E-state index in [0.29, 0.717) is 4.95 Å². The molecule has 0 aliphatic heterocycles. The van der Waals surface area contributed by atoms with Crippen molar-refractivity contribution in [2.24, 2.45) is 0 Å². The first-order valence-electron chi connectivity index (χ1n) is 3.15. The van der Waals surface area contributed by atoms with Crippen molar-refractivity contribution in [3.05, 3.63) is 20.8 Å². The molecule has 1 rings (SSSR count). The molecular formula is C7H9Br2NS. The summed E-state index contributed by atoms with van der Waals surface area (Å²) < 4.78 is 1.16. The Bertz CT molecular complexity index is 234. The fourth-order valence-corrected chi connectivity index (χ4v) is 2.68. The normalized spacial score (nSPS) is 13.9. The van der Waals surface area contributed by atoms with E-state index in [0.717, 1.165) is 4.47 Å². The molecule has 0 aliphatic rings. The molecule has 11 heavy (non-hydrogen) atoms. The predicted molar refractivity (Wildman–Crippen MR) is 57.4 cm³/mol. The molecule has 0 saturated heterocycles. The topological polar surface area (TPSA) is 3.24 Å². The van der Waals surface area contributed by atoms with Crippen LogP contribution < -0.4 is 0 Å². The second-order valence-electron chi connectivity index (χ2n) is 2.47. The van der Waals surface area contributed by atoms with Crippen molar-refractivity contribution in [3.8, 4) is 0 Å². The van der Waals surface area contributed by atoms with Gasteiger partial charge in [-0.25, -0.2) is 0 Å². The van der Waals surface area contributed by atoms with Crippen LogP contribution in [0.5, 0.6) is 0 Å². The Labute approximate surface area is 87.7 Å². The van der Waals surface area contributed by atoms with Gasteiger partial charge in [-0.05, 0) is 36.1 Å². The zero-order valence-electron chi connectivity index (χ0n) is 6.34. The maximum Gasteiger partial charge on any atom is 0.1000 e. The van der Waals surface area contributed by atoms with Crippen LogP contribution in [0.3, 0.4) is 0 Å². The lowest BCUT2D eigenvalue weighted by atomic mass is 10.4. The molecule has 1 unspecified atom stereocenters. The highest BCUT2D eigenvalue weighted by molar-refractivity contribution is 9.10. The lowest BCUT2D eigenvalue weighted by Crippen LogP contribution is -2.12. The highest BCUT2D eigenvalue weighted by atomic mass is 79.9. The molecule has 1 atom stereocenters. The van der Waals surface area contributed by atoms with Crippen LogP contribution in [0.1, 0.15) is 9.83 Å². The van der Waals surface area contributed by atoms with E-state index >= 15 is 0 Å². The molecular weight excluding hydrogens is 290 g/mol. The lowest BCUT2D eigenvalue weighted by Gasteiger charge is -2.15. The first-order valence-corrected chi connectivity index (χ1v) is 5.74. The summed E-state index contributed by atoms with van der Waals surface area (Å²) in [5.74, 6) is 0. The Morgan fingerprint density at radius 1 is 1.55 bits per heavy atom. The second-order valence-corrected chi connectivity index (χ2v) is 5.19. The van der Waals surface area contributed by atoms with E-state index in [-0.39, 0.29) is 0 Å². The van der Waals surface area contributed by atoms with Gasteiger partial charge in [-0.2, -0.15) is 0 Å². The van der Waals surface area contributed by atoms with E-state index in [4.69, 9.17) is 0 Å². The van der Waals surface area contributed by atoms with Gasteiger partial charge in [0.2, 0.25) is 0 Å². The average Bonchev–Trinajstić information content (AvgIpc) is 2.34. The molecule has 0 spiro atoms. The highest BCUT2D eigenvalue weighted by Gasteiger charge is 2.10. The smallest absolute Gasteiger partial charge is 0.1000 e. The fourth-order valence-electron chi connectivity index (χ4n) is 0.708. The Morgan fingerprint density at radius 2 is 2.18 bits per heavy atom. The summed E-state index contributed by atoms with van der Waals surface area (Å²) in [6, 6.07) is 2.13. The standard InChI is InChI=1S/C7H9Br2NS/c1-10(2)7(9)6-3-5(8)4-11-6/h3-4,7H,1-2H3. The zero-order valence-corrected chi connectivity index (χ0v) is 10.3. The minimum atomic E-state index is 0.332. The van der Waals surface area contributed by atoms with Crippen LogP contribution in [-0.4, -0.2) is 19.0 Å². The van der Waals surface area contributed by atoms with Gasteiger partial charge in [-0.15, -0.1) is 11.3 Å². The molecule has 0 fully saturated rings. The lowest BCUT2D eigenvalue weighted by molar-refractivity contribution is 0.402. The van der Waals surface area contributed by atoms with Crippen LogP contribution >= 0.6 is 43.2 Å². The molecule has 0 aliphatic carbocycles. The molecule has 1 aromatic heterocycles. The van der Waals surface area contributed by atoms with Crippen molar-refractivity contribution in [1.82, 2.24) is 4.90 Å². The SMILES string of the molecule is CN(C)C(Br)c1cc(Br)cs1. The summed E-state index contributed by atoms with van der Waals surface area (Å²) in [5, 5.41) is 2.09. The first-order chi connectivity index (χ1) is 5.11. The van der Waals surface area contributed by atoms with Crippen LogP contribution in [0, 0.1) is 0 Å². The van der Waals surface area contributed by atoms with Gasteiger partial charge in [0.05, 0.1) is 4.95 Å². The molecule has 0 amide bonds. The molecule has 0 aromatic carbocycles. The summed E-state index contributed by atoms with van der Waals surface area (Å²) in [6.07, 6.45) is 0. The fraction of sp³-hybridized carbons (Fsp3) is 0.429. The third-order valence-corrected chi connectivity index (χ3v) is 4.64. The van der Waals surface area contributed by atoms with Crippen LogP contribution in [0.25, 0.3) is 0 Å². The molecule has 0 saturated carbocycles. The minimum Gasteiger partial charge on any atom is -0.293 e. The summed E-state index contributed by atoms with van der Waals surface area (Å²) in [4.78, 5) is 3.78. The van der Waals surface area contributed by atoms with Crippen molar-refractivity contribution in [3.63, 3.8) is 0 Å². The third kappa shape index (κ3) is 2.54. The number of hydrogen-bond donors (Lipinski definition) is 0. The minimum absolute atomic E-state index is 0.332. The quantitative estimate of drug-likeness (QED) is 0.597. The van der Waals surface area contributed by atoms with E-state index < -0.39 is 0 Å². The average molecular weight is 299 g/mol. The van der Waals surface area contributed by atoms with Crippen molar-refractivity contribution in [1.29, 1.82) is 0 Å². The van der Waals surface area contributed by atoms with Gasteiger partial charge in [0.25, 0.3) is 0 Å². The Hall–Kier alpha value is 0.620. The number of nitrogens with zero attached hydrogens (tertiary/aromatic N) is 1. The van der Waals surface area contributed by atoms with E-state index in [1.54, 1.807) is 11.3 Å². The van der Waals surface area contributed by atoms with Gasteiger partial charge >= 0.3 is 0 Å². The molecule has 0 N–H and O–H groups in total. The number of thiophene rings is 1. The summed E-state index contributed by atoms with van der Waals surface area (Å²) in [7, 11) is 4.10. The molecule has 1 nitrogen and oxygen atoms in total. The number of hydrogen-bond acceptors (Lipinski definition) is 2. The molecule has 1 heterocycles. The van der Waals surface area contributed by atoms with Crippen molar-refractivity contribution in [2.75, 3.05) is 14.1 Å². The number of alkyl halides is 1. The van der Waals surface area contributed by atoms with Crippen molar-refractivity contribution in [2.45, 2.75) is 4.95 Å². The highest BCUT2D eigenvalue weighted by Crippen LogP contribution is 2.31. The van der Waals surface area contributed by atoms with Crippen LogP contribution in [-0.2, 0) is 0 Å². The summed E-state index contributed by atoms with van der Waals surface area (Å²) in [6.45, 7) is 0. The maximum absolute atomic E-state index is 3.58. The first kappa shape index (κ1) is 9.71. The van der Waals surface area contributed by atoms with Crippen molar-refractivity contribution < 1.29 is 0 Å². The Kier molecular flexibility index (Phi) is 3.55. The van der Waals surface area contributed by atoms with Gasteiger partial charge in [-0.1, -0.05) is 15.9 Å². The zero-order chi connectivity index (χ0) is 8.43. The van der Waals surface area contributed by atoms with Gasteiger partial charge in [0.1, 0.15) is 0 Å². The van der Waals surface area contributed by atoms with E-state index in [1.807, 2.05) is 14.1 Å². The summed E-state index contributed by atoms with van der Waals surface area (Å²) >= 11 is 8.75. The third-order valence-electron chi connectivity index (χ3n) is 1.28. The number of halogens is 2. The Balaban J connectivity index is 2.76. The van der Waals surface area contributed by atoms with Crippen molar-refractivity contribution >= 4 is 43.2 Å². The summed E-state index contributed by atoms with van der Waals surface area (Å²) in [5.41, 5.74) is 0. The van der Waals surface area contributed by atoms with Gasteiger partial charge in [-0.3, -0.25) is 4.90 Å². The molecule has 0 bridgehead atoms. The van der Waals surface area contributed by atoms with Crippen LogP contribution in [0.15, 0.2) is 15.9 Å². The molecule has 62 valence electrons. The van der Waals surface area contributed by atoms with E-state index in [9.17, 15) is 0 Å². The van der Waals surface area contributed by atoms with Crippen LogP contribution in [0.2, 0.25) is 0 Å². The van der Waals surface area contributed by atoms with Gasteiger partial charge in [0.15, 0.2) is 0 Å².